The average molecular weight is 207 g/mol. The van der Waals surface area contributed by atoms with Gasteiger partial charge in [-0.15, -0.1) is 0 Å². The van der Waals surface area contributed by atoms with Crippen molar-refractivity contribution in [3.8, 4) is 0 Å². The largest absolute Gasteiger partial charge is 0.458 e. The van der Waals surface area contributed by atoms with E-state index in [0.717, 1.165) is 31.7 Å². The highest BCUT2D eigenvalue weighted by Crippen LogP contribution is 2.19. The van der Waals surface area contributed by atoms with Crippen molar-refractivity contribution in [1.82, 2.24) is 5.32 Å². The zero-order valence-corrected chi connectivity index (χ0v) is 9.08. The molecule has 2 heterocycles. The molecule has 0 radical (unpaired) electrons. The Morgan fingerprint density at radius 1 is 1.47 bits per heavy atom. The van der Waals surface area contributed by atoms with Gasteiger partial charge >= 0.3 is 0 Å². The summed E-state index contributed by atoms with van der Waals surface area (Å²) in [5.74, 6) is 2.01. The number of hydrogen-bond acceptors (Lipinski definition) is 3. The monoisotopic (exact) mass is 207 g/mol. The van der Waals surface area contributed by atoms with Crippen LogP contribution < -0.4 is 5.32 Å². The predicted octanol–water partition coefficient (Wildman–Crippen LogP) is 2.16. The topological polar surface area (TPSA) is 42.2 Å². The first kappa shape index (κ1) is 10.4. The Bertz CT molecular complexity index is 337. The lowest BCUT2D eigenvalue weighted by Crippen LogP contribution is -2.28. The Morgan fingerprint density at radius 2 is 2.20 bits per heavy atom. The van der Waals surface area contributed by atoms with Crippen LogP contribution in [0, 0.1) is 12.8 Å². The van der Waals surface area contributed by atoms with Gasteiger partial charge in [-0.05, 0) is 50.9 Å². The van der Waals surface area contributed by atoms with E-state index in [1.54, 1.807) is 6.07 Å². The maximum absolute atomic E-state index is 11.8. The Balaban J connectivity index is 1.91. The van der Waals surface area contributed by atoms with Crippen LogP contribution in [0.15, 0.2) is 16.5 Å². The Kier molecular flexibility index (Phi) is 3.21. The van der Waals surface area contributed by atoms with E-state index in [1.165, 1.54) is 0 Å². The van der Waals surface area contributed by atoms with Crippen LogP contribution in [0.4, 0.5) is 0 Å². The molecule has 1 saturated heterocycles. The number of carbonyl (C=O) groups excluding carboxylic acids is 1. The third-order valence-corrected chi connectivity index (χ3v) is 2.95. The highest BCUT2D eigenvalue weighted by molar-refractivity contribution is 5.93. The maximum Gasteiger partial charge on any atom is 0.198 e. The molecular formula is C12H17NO2. The molecule has 0 saturated carbocycles. The lowest BCUT2D eigenvalue weighted by molar-refractivity contribution is 0.0924. The van der Waals surface area contributed by atoms with Gasteiger partial charge in [-0.25, -0.2) is 0 Å². The fraction of sp³-hybridized carbons (Fsp3) is 0.583. The fourth-order valence-electron chi connectivity index (χ4n) is 2.03. The molecule has 3 heteroatoms. The summed E-state index contributed by atoms with van der Waals surface area (Å²) < 4.78 is 5.32. The van der Waals surface area contributed by atoms with Gasteiger partial charge in [0.15, 0.2) is 11.5 Å². The first-order chi connectivity index (χ1) is 7.25. The second-order valence-corrected chi connectivity index (χ2v) is 4.23. The van der Waals surface area contributed by atoms with E-state index >= 15 is 0 Å². The number of hydrogen-bond donors (Lipinski definition) is 1. The summed E-state index contributed by atoms with van der Waals surface area (Å²) in [5.41, 5.74) is 0. The summed E-state index contributed by atoms with van der Waals surface area (Å²) in [5, 5.41) is 3.30. The highest BCUT2D eigenvalue weighted by Gasteiger charge is 2.19. The molecule has 0 aromatic carbocycles. The second-order valence-electron chi connectivity index (χ2n) is 4.23. The van der Waals surface area contributed by atoms with E-state index in [2.05, 4.69) is 5.32 Å². The fourth-order valence-corrected chi connectivity index (χ4v) is 2.03. The van der Waals surface area contributed by atoms with Gasteiger partial charge < -0.3 is 9.73 Å². The molecule has 3 nitrogen and oxygen atoms in total. The number of nitrogens with one attached hydrogen (secondary N) is 1. The first-order valence-corrected chi connectivity index (χ1v) is 5.56. The van der Waals surface area contributed by atoms with Crippen LogP contribution in [0.3, 0.4) is 0 Å². The number of ketones is 1. The molecule has 1 aromatic rings. The van der Waals surface area contributed by atoms with Crippen molar-refractivity contribution in [2.75, 3.05) is 13.1 Å². The third kappa shape index (κ3) is 2.69. The van der Waals surface area contributed by atoms with Crippen molar-refractivity contribution in [2.24, 2.45) is 5.92 Å². The first-order valence-electron chi connectivity index (χ1n) is 5.56. The number of Topliss-reactive ketones (excluding diaryl/α,β-unsaturated/α-hetero) is 1. The van der Waals surface area contributed by atoms with Crippen LogP contribution in [0.5, 0.6) is 0 Å². The summed E-state index contributed by atoms with van der Waals surface area (Å²) in [6.45, 7) is 3.94. The Morgan fingerprint density at radius 3 is 2.80 bits per heavy atom. The summed E-state index contributed by atoms with van der Waals surface area (Å²) in [6, 6.07) is 3.62. The Hall–Kier alpha value is -1.09. The SMILES string of the molecule is Cc1ccc(C(=O)CC2CCNCC2)o1. The van der Waals surface area contributed by atoms with Crippen LogP contribution >= 0.6 is 0 Å². The van der Waals surface area contributed by atoms with Gasteiger partial charge in [0.25, 0.3) is 0 Å². The molecule has 2 rings (SSSR count). The van der Waals surface area contributed by atoms with Crippen molar-refractivity contribution in [3.63, 3.8) is 0 Å². The van der Waals surface area contributed by atoms with E-state index in [9.17, 15) is 4.79 Å². The molecule has 1 aliphatic rings. The third-order valence-electron chi connectivity index (χ3n) is 2.95. The molecule has 1 N–H and O–H groups in total. The molecule has 0 bridgehead atoms. The minimum Gasteiger partial charge on any atom is -0.458 e. The van der Waals surface area contributed by atoms with Crippen molar-refractivity contribution >= 4 is 5.78 Å². The Labute approximate surface area is 89.9 Å². The van der Waals surface area contributed by atoms with Gasteiger partial charge in [0, 0.05) is 6.42 Å². The van der Waals surface area contributed by atoms with Gasteiger partial charge in [0.2, 0.25) is 0 Å². The van der Waals surface area contributed by atoms with Gasteiger partial charge in [-0.1, -0.05) is 0 Å². The minimum atomic E-state index is 0.148. The quantitative estimate of drug-likeness (QED) is 0.772. The molecular weight excluding hydrogens is 190 g/mol. The number of piperidine rings is 1. The zero-order chi connectivity index (χ0) is 10.7. The van der Waals surface area contributed by atoms with Gasteiger partial charge in [-0.2, -0.15) is 0 Å². The minimum absolute atomic E-state index is 0.148. The average Bonchev–Trinajstić information content (AvgIpc) is 2.66. The molecule has 0 atom stereocenters. The number of rotatable bonds is 3. The zero-order valence-electron chi connectivity index (χ0n) is 9.08. The normalized spacial score (nSPS) is 17.9. The van der Waals surface area contributed by atoms with Gasteiger partial charge in [0.1, 0.15) is 5.76 Å². The lowest BCUT2D eigenvalue weighted by atomic mass is 9.92. The number of carbonyl (C=O) groups is 1. The number of furan rings is 1. The van der Waals surface area contributed by atoms with Crippen molar-refractivity contribution in [2.45, 2.75) is 26.2 Å². The van der Waals surface area contributed by atoms with E-state index in [4.69, 9.17) is 4.42 Å². The molecule has 0 unspecified atom stereocenters. The smallest absolute Gasteiger partial charge is 0.198 e. The predicted molar refractivity (Wildman–Crippen MR) is 58.0 cm³/mol. The van der Waals surface area contributed by atoms with Crippen molar-refractivity contribution in [1.29, 1.82) is 0 Å². The van der Waals surface area contributed by atoms with Crippen LogP contribution in [-0.2, 0) is 0 Å². The standard InChI is InChI=1S/C12H17NO2/c1-9-2-3-12(15-9)11(14)8-10-4-6-13-7-5-10/h2-3,10,13H,4-8H2,1H3. The van der Waals surface area contributed by atoms with Crippen LogP contribution in [-0.4, -0.2) is 18.9 Å². The van der Waals surface area contributed by atoms with E-state index < -0.39 is 0 Å². The van der Waals surface area contributed by atoms with Crippen LogP contribution in [0.2, 0.25) is 0 Å². The lowest BCUT2D eigenvalue weighted by Gasteiger charge is -2.21. The van der Waals surface area contributed by atoms with Gasteiger partial charge in [-0.3, -0.25) is 4.79 Å². The molecule has 82 valence electrons. The molecule has 1 aliphatic heterocycles. The van der Waals surface area contributed by atoms with Gasteiger partial charge in [0.05, 0.1) is 0 Å². The molecule has 0 aliphatic carbocycles. The van der Waals surface area contributed by atoms with E-state index in [1.807, 2.05) is 13.0 Å². The maximum atomic E-state index is 11.8. The number of aryl methyl sites for hydroxylation is 1. The summed E-state index contributed by atoms with van der Waals surface area (Å²) in [4.78, 5) is 11.8. The molecule has 1 aromatic heterocycles. The molecule has 0 spiro atoms. The van der Waals surface area contributed by atoms with Crippen LogP contribution in [0.25, 0.3) is 0 Å². The molecule has 1 fully saturated rings. The van der Waals surface area contributed by atoms with E-state index in [0.29, 0.717) is 18.1 Å². The second kappa shape index (κ2) is 4.62. The summed E-state index contributed by atoms with van der Waals surface area (Å²) in [7, 11) is 0. The van der Waals surface area contributed by atoms with Crippen LogP contribution in [0.1, 0.15) is 35.6 Å². The summed E-state index contributed by atoms with van der Waals surface area (Å²) in [6.07, 6.45) is 2.84. The summed E-state index contributed by atoms with van der Waals surface area (Å²) >= 11 is 0. The highest BCUT2D eigenvalue weighted by atomic mass is 16.3. The molecule has 0 amide bonds. The van der Waals surface area contributed by atoms with E-state index in [-0.39, 0.29) is 5.78 Å². The van der Waals surface area contributed by atoms with Crippen molar-refractivity contribution in [3.05, 3.63) is 23.7 Å². The molecule has 15 heavy (non-hydrogen) atoms. The van der Waals surface area contributed by atoms with Crippen molar-refractivity contribution < 1.29 is 9.21 Å².